The standard InChI is InChI=1S/C19H19IN2O2/c1-5-24-19(23)16(11-21)9-15-8-13(3)22(14(15)4)17-7-6-12(2)18(20)10-17/h6-10H,5H2,1-4H3/b16-9+. The van der Waals surface area contributed by atoms with Crippen molar-refractivity contribution in [3.05, 3.63) is 55.9 Å². The molecule has 0 bridgehead atoms. The monoisotopic (exact) mass is 434 g/mol. The second-order valence-electron chi connectivity index (χ2n) is 5.49. The molecule has 0 saturated carbocycles. The maximum Gasteiger partial charge on any atom is 0.348 e. The minimum atomic E-state index is -0.588. The second-order valence-corrected chi connectivity index (χ2v) is 6.65. The topological polar surface area (TPSA) is 55.0 Å². The van der Waals surface area contributed by atoms with Crippen LogP contribution in [0.3, 0.4) is 0 Å². The zero-order valence-corrected chi connectivity index (χ0v) is 16.3. The van der Waals surface area contributed by atoms with Gasteiger partial charge < -0.3 is 9.30 Å². The molecule has 1 aromatic carbocycles. The van der Waals surface area contributed by atoms with E-state index in [1.165, 1.54) is 9.13 Å². The number of ether oxygens (including phenoxy) is 1. The summed E-state index contributed by atoms with van der Waals surface area (Å²) in [5.74, 6) is -0.588. The van der Waals surface area contributed by atoms with Crippen LogP contribution in [0.2, 0.25) is 0 Å². The van der Waals surface area contributed by atoms with E-state index in [-0.39, 0.29) is 12.2 Å². The highest BCUT2D eigenvalue weighted by Crippen LogP contribution is 2.25. The van der Waals surface area contributed by atoms with Crippen molar-refractivity contribution >= 4 is 34.6 Å². The van der Waals surface area contributed by atoms with E-state index >= 15 is 0 Å². The van der Waals surface area contributed by atoms with Crippen molar-refractivity contribution in [3.63, 3.8) is 0 Å². The van der Waals surface area contributed by atoms with E-state index in [1.54, 1.807) is 13.0 Å². The van der Waals surface area contributed by atoms with Gasteiger partial charge >= 0.3 is 5.97 Å². The molecule has 0 radical (unpaired) electrons. The molecule has 0 spiro atoms. The van der Waals surface area contributed by atoms with Gasteiger partial charge in [0.1, 0.15) is 11.6 Å². The molecule has 0 aliphatic rings. The molecule has 1 aromatic heterocycles. The molecule has 4 nitrogen and oxygen atoms in total. The lowest BCUT2D eigenvalue weighted by molar-refractivity contribution is -0.137. The van der Waals surface area contributed by atoms with Gasteiger partial charge in [-0.05, 0) is 85.7 Å². The number of nitriles is 1. The summed E-state index contributed by atoms with van der Waals surface area (Å²) in [5.41, 5.74) is 5.16. The Hall–Kier alpha value is -2.07. The van der Waals surface area contributed by atoms with Crippen LogP contribution in [0.5, 0.6) is 0 Å². The molecule has 0 N–H and O–H groups in total. The molecule has 0 aliphatic heterocycles. The van der Waals surface area contributed by atoms with Gasteiger partial charge in [-0.15, -0.1) is 0 Å². The number of halogens is 1. The third kappa shape index (κ3) is 3.70. The molecular formula is C19H19IN2O2. The first-order valence-corrected chi connectivity index (χ1v) is 8.71. The van der Waals surface area contributed by atoms with Gasteiger partial charge in [0.2, 0.25) is 0 Å². The quantitative estimate of drug-likeness (QED) is 0.309. The molecule has 1 heterocycles. The number of aryl methyl sites for hydroxylation is 2. The van der Waals surface area contributed by atoms with Gasteiger partial charge in [-0.2, -0.15) is 5.26 Å². The van der Waals surface area contributed by atoms with E-state index < -0.39 is 5.97 Å². The Morgan fingerprint density at radius 2 is 2.04 bits per heavy atom. The zero-order chi connectivity index (χ0) is 17.9. The van der Waals surface area contributed by atoms with E-state index in [0.717, 1.165) is 22.6 Å². The molecular weight excluding hydrogens is 415 g/mol. The maximum atomic E-state index is 11.8. The largest absolute Gasteiger partial charge is 0.462 e. The number of rotatable bonds is 4. The van der Waals surface area contributed by atoms with Crippen molar-refractivity contribution in [3.8, 4) is 11.8 Å². The lowest BCUT2D eigenvalue weighted by Crippen LogP contribution is -2.06. The summed E-state index contributed by atoms with van der Waals surface area (Å²) in [5, 5.41) is 9.21. The summed E-state index contributed by atoms with van der Waals surface area (Å²) < 4.78 is 8.23. The summed E-state index contributed by atoms with van der Waals surface area (Å²) in [6.45, 7) is 8.03. The van der Waals surface area contributed by atoms with Crippen molar-refractivity contribution in [2.75, 3.05) is 6.61 Å². The molecule has 0 amide bonds. The van der Waals surface area contributed by atoms with E-state index in [0.29, 0.717) is 0 Å². The molecule has 0 atom stereocenters. The third-order valence-electron chi connectivity index (χ3n) is 3.80. The average molecular weight is 434 g/mol. The first-order chi connectivity index (χ1) is 11.4. The molecule has 24 heavy (non-hydrogen) atoms. The van der Waals surface area contributed by atoms with Gasteiger partial charge in [-0.3, -0.25) is 0 Å². The summed E-state index contributed by atoms with van der Waals surface area (Å²) in [6, 6.07) is 10.2. The van der Waals surface area contributed by atoms with Crippen LogP contribution in [0.25, 0.3) is 11.8 Å². The fraction of sp³-hybridized carbons (Fsp3) is 0.263. The predicted octanol–water partition coefficient (Wildman–Crippen LogP) is 4.48. The Balaban J connectivity index is 2.51. The first-order valence-electron chi connectivity index (χ1n) is 7.63. The SMILES string of the molecule is CCOC(=O)/C(C#N)=C/c1cc(C)n(-c2ccc(C)c(I)c2)c1C. The summed E-state index contributed by atoms with van der Waals surface area (Å²) >= 11 is 2.32. The van der Waals surface area contributed by atoms with Crippen LogP contribution in [0, 0.1) is 35.7 Å². The summed E-state index contributed by atoms with van der Waals surface area (Å²) in [6.07, 6.45) is 1.59. The van der Waals surface area contributed by atoms with Crippen LogP contribution in [0.15, 0.2) is 29.8 Å². The fourth-order valence-electron chi connectivity index (χ4n) is 2.55. The van der Waals surface area contributed by atoms with Gasteiger partial charge in [0, 0.05) is 20.6 Å². The van der Waals surface area contributed by atoms with Gasteiger partial charge in [-0.1, -0.05) is 6.07 Å². The fourth-order valence-corrected chi connectivity index (χ4v) is 3.05. The number of hydrogen-bond donors (Lipinski definition) is 0. The highest BCUT2D eigenvalue weighted by molar-refractivity contribution is 14.1. The Morgan fingerprint density at radius 1 is 1.33 bits per heavy atom. The maximum absolute atomic E-state index is 11.8. The van der Waals surface area contributed by atoms with Crippen LogP contribution >= 0.6 is 22.6 Å². The number of aromatic nitrogens is 1. The Labute approximate surface area is 155 Å². The molecule has 0 saturated heterocycles. The van der Waals surface area contributed by atoms with Crippen molar-refractivity contribution in [1.29, 1.82) is 5.26 Å². The molecule has 5 heteroatoms. The molecule has 2 aromatic rings. The predicted molar refractivity (Wildman–Crippen MR) is 103 cm³/mol. The number of carbonyl (C=O) groups excluding carboxylic acids is 1. The van der Waals surface area contributed by atoms with Crippen molar-refractivity contribution in [2.24, 2.45) is 0 Å². The van der Waals surface area contributed by atoms with E-state index in [4.69, 9.17) is 4.74 Å². The van der Waals surface area contributed by atoms with E-state index in [1.807, 2.05) is 26.0 Å². The van der Waals surface area contributed by atoms with Gasteiger partial charge in [0.25, 0.3) is 0 Å². The smallest absolute Gasteiger partial charge is 0.348 e. The van der Waals surface area contributed by atoms with Gasteiger partial charge in [-0.25, -0.2) is 4.79 Å². The van der Waals surface area contributed by atoms with Gasteiger partial charge in [0.05, 0.1) is 6.61 Å². The Kier molecular flexibility index (Phi) is 5.84. The minimum absolute atomic E-state index is 0.00980. The van der Waals surface area contributed by atoms with Gasteiger partial charge in [0.15, 0.2) is 0 Å². The van der Waals surface area contributed by atoms with Crippen LogP contribution < -0.4 is 0 Å². The summed E-state index contributed by atoms with van der Waals surface area (Å²) in [7, 11) is 0. The van der Waals surface area contributed by atoms with Crippen molar-refractivity contribution in [1.82, 2.24) is 4.57 Å². The third-order valence-corrected chi connectivity index (χ3v) is 4.96. The molecule has 0 fully saturated rings. The van der Waals surface area contributed by atoms with Crippen LogP contribution in [0.4, 0.5) is 0 Å². The molecule has 0 aliphatic carbocycles. The molecule has 124 valence electrons. The lowest BCUT2D eigenvalue weighted by atomic mass is 10.1. The highest BCUT2D eigenvalue weighted by atomic mass is 127. The minimum Gasteiger partial charge on any atom is -0.462 e. The highest BCUT2D eigenvalue weighted by Gasteiger charge is 2.14. The van der Waals surface area contributed by atoms with Crippen molar-refractivity contribution in [2.45, 2.75) is 27.7 Å². The normalized spacial score (nSPS) is 11.2. The first kappa shape index (κ1) is 18.3. The lowest BCUT2D eigenvalue weighted by Gasteiger charge is -2.11. The summed E-state index contributed by atoms with van der Waals surface area (Å²) in [4.78, 5) is 11.8. The van der Waals surface area contributed by atoms with Crippen LogP contribution in [-0.2, 0) is 9.53 Å². The number of hydrogen-bond acceptors (Lipinski definition) is 3. The number of carbonyl (C=O) groups is 1. The van der Waals surface area contributed by atoms with Crippen LogP contribution in [-0.4, -0.2) is 17.1 Å². The van der Waals surface area contributed by atoms with E-state index in [2.05, 4.69) is 52.3 Å². The second kappa shape index (κ2) is 7.67. The average Bonchev–Trinajstić information content (AvgIpc) is 2.82. The molecule has 0 unspecified atom stereocenters. The molecule has 2 rings (SSSR count). The Morgan fingerprint density at radius 3 is 2.62 bits per heavy atom. The number of benzene rings is 1. The Bertz CT molecular complexity index is 857. The van der Waals surface area contributed by atoms with Crippen LogP contribution in [0.1, 0.15) is 29.4 Å². The number of esters is 1. The zero-order valence-electron chi connectivity index (χ0n) is 14.2. The van der Waals surface area contributed by atoms with E-state index in [9.17, 15) is 10.1 Å². The number of nitrogens with zero attached hydrogens (tertiary/aromatic N) is 2. The van der Waals surface area contributed by atoms with Crippen molar-refractivity contribution < 1.29 is 9.53 Å².